The second-order valence-corrected chi connectivity index (χ2v) is 5.43. The number of nitrogens with zero attached hydrogens (tertiary/aromatic N) is 3. The molecule has 0 atom stereocenters. The largest absolute Gasteiger partial charge is 0.506 e. The van der Waals surface area contributed by atoms with Crippen LogP contribution in [0, 0.1) is 10.1 Å². The zero-order valence-corrected chi connectivity index (χ0v) is 13.2. The van der Waals surface area contributed by atoms with Crippen LogP contribution in [0.3, 0.4) is 0 Å². The van der Waals surface area contributed by atoms with Crippen LogP contribution in [0.1, 0.15) is 11.1 Å². The van der Waals surface area contributed by atoms with E-state index in [0.29, 0.717) is 6.42 Å². The first-order valence-electron chi connectivity index (χ1n) is 7.64. The molecule has 6 nitrogen and oxygen atoms in total. The Balaban J connectivity index is 1.88. The highest BCUT2D eigenvalue weighted by molar-refractivity contribution is 5.58. The van der Waals surface area contributed by atoms with Crippen LogP contribution in [-0.4, -0.2) is 10.0 Å². The summed E-state index contributed by atoms with van der Waals surface area (Å²) >= 11 is 0. The summed E-state index contributed by atoms with van der Waals surface area (Å²) in [5, 5.41) is 28.9. The summed E-state index contributed by atoms with van der Waals surface area (Å²) in [7, 11) is 0. The fourth-order valence-corrected chi connectivity index (χ4v) is 2.40. The lowest BCUT2D eigenvalue weighted by Crippen LogP contribution is -1.88. The Labute approximate surface area is 144 Å². The molecule has 124 valence electrons. The van der Waals surface area contributed by atoms with Gasteiger partial charge in [-0.1, -0.05) is 48.5 Å². The lowest BCUT2D eigenvalue weighted by Gasteiger charge is -2.04. The second-order valence-electron chi connectivity index (χ2n) is 5.43. The Morgan fingerprint density at radius 1 is 0.840 bits per heavy atom. The smallest absolute Gasteiger partial charge is 0.296 e. The molecular formula is C19H15N3O3. The summed E-state index contributed by atoms with van der Waals surface area (Å²) in [5.74, 6) is -0.0286. The fraction of sp³-hybridized carbons (Fsp3) is 0.0526. The molecule has 3 aromatic rings. The molecule has 25 heavy (non-hydrogen) atoms. The zero-order valence-electron chi connectivity index (χ0n) is 13.2. The second kappa shape index (κ2) is 7.35. The molecule has 0 aromatic heterocycles. The van der Waals surface area contributed by atoms with Gasteiger partial charge < -0.3 is 5.11 Å². The molecule has 0 fully saturated rings. The topological polar surface area (TPSA) is 88.1 Å². The molecule has 6 heteroatoms. The van der Waals surface area contributed by atoms with Gasteiger partial charge in [0.05, 0.1) is 4.92 Å². The average molecular weight is 333 g/mol. The number of para-hydroxylation sites is 1. The maximum absolute atomic E-state index is 11.0. The minimum atomic E-state index is -0.514. The average Bonchev–Trinajstić information content (AvgIpc) is 2.63. The van der Waals surface area contributed by atoms with Crippen LogP contribution in [0.4, 0.5) is 17.1 Å². The van der Waals surface area contributed by atoms with Crippen molar-refractivity contribution in [3.05, 3.63) is 94.0 Å². The molecule has 0 spiro atoms. The van der Waals surface area contributed by atoms with Gasteiger partial charge >= 0.3 is 0 Å². The predicted molar refractivity (Wildman–Crippen MR) is 94.6 cm³/mol. The summed E-state index contributed by atoms with van der Waals surface area (Å²) in [5.41, 5.74) is 2.37. The third-order valence-electron chi connectivity index (χ3n) is 3.63. The lowest BCUT2D eigenvalue weighted by molar-refractivity contribution is -0.384. The SMILES string of the molecule is O=[N+]([O-])c1ccccc1N=Nc1cc(Cc2ccccc2)ccc1O. The van der Waals surface area contributed by atoms with Crippen LogP contribution in [0.2, 0.25) is 0 Å². The molecule has 0 aliphatic carbocycles. The molecule has 0 amide bonds. The van der Waals surface area contributed by atoms with Crippen molar-refractivity contribution in [1.29, 1.82) is 0 Å². The number of benzene rings is 3. The number of nitro groups is 1. The van der Waals surface area contributed by atoms with Crippen LogP contribution in [0.5, 0.6) is 5.75 Å². The third kappa shape index (κ3) is 4.06. The van der Waals surface area contributed by atoms with Gasteiger partial charge in [-0.2, -0.15) is 0 Å². The van der Waals surface area contributed by atoms with E-state index in [9.17, 15) is 15.2 Å². The van der Waals surface area contributed by atoms with Crippen molar-refractivity contribution in [3.8, 4) is 5.75 Å². The summed E-state index contributed by atoms with van der Waals surface area (Å²) in [4.78, 5) is 10.5. The van der Waals surface area contributed by atoms with Crippen molar-refractivity contribution in [2.24, 2.45) is 10.2 Å². The van der Waals surface area contributed by atoms with E-state index in [4.69, 9.17) is 0 Å². The highest BCUT2D eigenvalue weighted by atomic mass is 16.6. The first-order valence-corrected chi connectivity index (χ1v) is 7.64. The summed E-state index contributed by atoms with van der Waals surface area (Å²) < 4.78 is 0. The first-order chi connectivity index (χ1) is 12.1. The van der Waals surface area contributed by atoms with Crippen molar-refractivity contribution in [2.75, 3.05) is 0 Å². The number of rotatable bonds is 5. The van der Waals surface area contributed by atoms with E-state index >= 15 is 0 Å². The van der Waals surface area contributed by atoms with Gasteiger partial charge in [-0.15, -0.1) is 10.2 Å². The summed E-state index contributed by atoms with van der Waals surface area (Å²) in [6.45, 7) is 0. The van der Waals surface area contributed by atoms with Gasteiger partial charge in [0.2, 0.25) is 0 Å². The van der Waals surface area contributed by atoms with Gasteiger partial charge in [0, 0.05) is 6.07 Å². The molecular weight excluding hydrogens is 318 g/mol. The third-order valence-corrected chi connectivity index (χ3v) is 3.63. The Kier molecular flexibility index (Phi) is 4.80. The number of aromatic hydroxyl groups is 1. The van der Waals surface area contributed by atoms with Gasteiger partial charge in [0.15, 0.2) is 5.69 Å². The number of hydrogen-bond acceptors (Lipinski definition) is 5. The molecule has 0 aliphatic heterocycles. The molecule has 0 heterocycles. The highest BCUT2D eigenvalue weighted by Gasteiger charge is 2.12. The quantitative estimate of drug-likeness (QED) is 0.390. The molecule has 0 aliphatic rings. The van der Waals surface area contributed by atoms with E-state index < -0.39 is 4.92 Å². The molecule has 0 saturated carbocycles. The lowest BCUT2D eigenvalue weighted by atomic mass is 10.0. The normalized spacial score (nSPS) is 10.9. The Morgan fingerprint density at radius 2 is 1.52 bits per heavy atom. The maximum Gasteiger partial charge on any atom is 0.296 e. The fourth-order valence-electron chi connectivity index (χ4n) is 2.40. The van der Waals surface area contributed by atoms with Crippen LogP contribution < -0.4 is 0 Å². The van der Waals surface area contributed by atoms with Crippen molar-refractivity contribution in [3.63, 3.8) is 0 Å². The minimum absolute atomic E-state index is 0.0286. The van der Waals surface area contributed by atoms with Crippen LogP contribution in [-0.2, 0) is 6.42 Å². The number of hydrogen-bond donors (Lipinski definition) is 1. The molecule has 0 saturated heterocycles. The number of phenolic OH excluding ortho intramolecular Hbond substituents is 1. The molecule has 0 unspecified atom stereocenters. The van der Waals surface area contributed by atoms with Gasteiger partial charge in [0.25, 0.3) is 5.69 Å². The highest BCUT2D eigenvalue weighted by Crippen LogP contribution is 2.32. The van der Waals surface area contributed by atoms with E-state index in [0.717, 1.165) is 11.1 Å². The van der Waals surface area contributed by atoms with Crippen LogP contribution >= 0.6 is 0 Å². The molecule has 3 aromatic carbocycles. The standard InChI is InChI=1S/C19H15N3O3/c23-19-11-10-15(12-14-6-2-1-3-7-14)13-17(19)21-20-16-8-4-5-9-18(16)22(24)25/h1-11,13,23H,12H2. The molecule has 1 N–H and O–H groups in total. The molecule has 0 bridgehead atoms. The Morgan fingerprint density at radius 3 is 2.28 bits per heavy atom. The summed E-state index contributed by atoms with van der Waals surface area (Å²) in [6, 6.07) is 21.1. The number of azo groups is 1. The van der Waals surface area contributed by atoms with Crippen LogP contribution in [0.25, 0.3) is 0 Å². The molecule has 0 radical (unpaired) electrons. The predicted octanol–water partition coefficient (Wildman–Crippen LogP) is 5.31. The minimum Gasteiger partial charge on any atom is -0.506 e. The number of phenols is 1. The Bertz CT molecular complexity index is 924. The van der Waals surface area contributed by atoms with Gasteiger partial charge in [0.1, 0.15) is 11.4 Å². The van der Waals surface area contributed by atoms with Crippen molar-refractivity contribution >= 4 is 17.1 Å². The summed E-state index contributed by atoms with van der Waals surface area (Å²) in [6.07, 6.45) is 0.690. The van der Waals surface area contributed by atoms with Crippen molar-refractivity contribution in [1.82, 2.24) is 0 Å². The van der Waals surface area contributed by atoms with Crippen molar-refractivity contribution < 1.29 is 10.0 Å². The van der Waals surface area contributed by atoms with Gasteiger partial charge in [-0.25, -0.2) is 0 Å². The maximum atomic E-state index is 11.0. The van der Waals surface area contributed by atoms with Crippen molar-refractivity contribution in [2.45, 2.75) is 6.42 Å². The number of nitro benzene ring substituents is 1. The van der Waals surface area contributed by atoms with E-state index in [1.54, 1.807) is 24.3 Å². The monoisotopic (exact) mass is 333 g/mol. The zero-order chi connectivity index (χ0) is 17.6. The van der Waals surface area contributed by atoms with Gasteiger partial charge in [-0.05, 0) is 35.7 Å². The first kappa shape index (κ1) is 16.3. The Hall–Kier alpha value is -3.54. The van der Waals surface area contributed by atoms with E-state index in [-0.39, 0.29) is 22.8 Å². The van der Waals surface area contributed by atoms with Gasteiger partial charge in [-0.3, -0.25) is 10.1 Å². The molecule has 3 rings (SSSR count). The van der Waals surface area contributed by atoms with E-state index in [1.807, 2.05) is 36.4 Å². The van der Waals surface area contributed by atoms with E-state index in [2.05, 4.69) is 10.2 Å². The van der Waals surface area contributed by atoms with E-state index in [1.165, 1.54) is 12.1 Å². The van der Waals surface area contributed by atoms with Crippen LogP contribution in [0.15, 0.2) is 83.0 Å².